The first kappa shape index (κ1) is 22.3. The van der Waals surface area contributed by atoms with Crippen molar-refractivity contribution in [1.82, 2.24) is 0 Å². The van der Waals surface area contributed by atoms with Gasteiger partial charge in [-0.2, -0.15) is 0 Å². The molecule has 0 aliphatic carbocycles. The van der Waals surface area contributed by atoms with Crippen molar-refractivity contribution >= 4 is 40.5 Å². The Kier molecular flexibility index (Phi) is 5.51. The number of amides is 1. The van der Waals surface area contributed by atoms with E-state index in [1.54, 1.807) is 4.90 Å². The standard InChI is InChI=1S/C25H22Cl2N2O3/c1-24(2)15-25(3,16-8-10-17(26)11-9-16)20-6-4-5-7-22(20)28(24)23(30)19-14-18(29(31)32)12-13-21(19)27/h4-14H,15H2,1-3H3. The smallest absolute Gasteiger partial charge is 0.270 e. The molecule has 3 aromatic carbocycles. The molecule has 7 heteroatoms. The molecule has 0 aromatic heterocycles. The lowest BCUT2D eigenvalue weighted by atomic mass is 9.65. The van der Waals surface area contributed by atoms with Gasteiger partial charge in [0.2, 0.25) is 0 Å². The number of rotatable bonds is 3. The lowest BCUT2D eigenvalue weighted by molar-refractivity contribution is -0.384. The molecule has 5 nitrogen and oxygen atoms in total. The number of hydrogen-bond donors (Lipinski definition) is 0. The second kappa shape index (κ2) is 7.91. The van der Waals surface area contributed by atoms with Gasteiger partial charge in [0.15, 0.2) is 0 Å². The number of fused-ring (bicyclic) bond motifs is 1. The van der Waals surface area contributed by atoms with Crippen LogP contribution in [0.1, 0.15) is 48.7 Å². The zero-order valence-electron chi connectivity index (χ0n) is 17.9. The highest BCUT2D eigenvalue weighted by Crippen LogP contribution is 2.51. The van der Waals surface area contributed by atoms with Gasteiger partial charge in [-0.1, -0.05) is 60.5 Å². The molecule has 0 radical (unpaired) electrons. The molecule has 1 aliphatic rings. The third-order valence-corrected chi connectivity index (χ3v) is 6.79. The summed E-state index contributed by atoms with van der Waals surface area (Å²) < 4.78 is 0. The Balaban J connectivity index is 1.89. The van der Waals surface area contributed by atoms with Crippen LogP contribution >= 0.6 is 23.2 Å². The first-order chi connectivity index (χ1) is 15.0. The van der Waals surface area contributed by atoms with Crippen LogP contribution < -0.4 is 4.90 Å². The average Bonchev–Trinajstić information content (AvgIpc) is 2.73. The number of halogens is 2. The lowest BCUT2D eigenvalue weighted by Crippen LogP contribution is -2.56. The molecule has 1 heterocycles. The number of hydrogen-bond acceptors (Lipinski definition) is 3. The summed E-state index contributed by atoms with van der Waals surface area (Å²) in [4.78, 5) is 26.2. The molecule has 0 bridgehead atoms. The Labute approximate surface area is 196 Å². The summed E-state index contributed by atoms with van der Waals surface area (Å²) in [5.41, 5.74) is 1.82. The molecule has 164 valence electrons. The van der Waals surface area contributed by atoms with Gasteiger partial charge in [-0.3, -0.25) is 14.9 Å². The van der Waals surface area contributed by atoms with Crippen LogP contribution in [0.15, 0.2) is 66.7 Å². The molecule has 3 aromatic rings. The summed E-state index contributed by atoms with van der Waals surface area (Å²) in [6.45, 7) is 6.17. The highest BCUT2D eigenvalue weighted by molar-refractivity contribution is 6.34. The third kappa shape index (κ3) is 3.65. The minimum atomic E-state index is -0.603. The minimum absolute atomic E-state index is 0.110. The van der Waals surface area contributed by atoms with E-state index in [9.17, 15) is 14.9 Å². The van der Waals surface area contributed by atoms with Gasteiger partial charge in [-0.25, -0.2) is 0 Å². The summed E-state index contributed by atoms with van der Waals surface area (Å²) in [5.74, 6) is -0.366. The van der Waals surface area contributed by atoms with Gasteiger partial charge in [0.05, 0.1) is 15.5 Å². The van der Waals surface area contributed by atoms with Crippen molar-refractivity contribution in [2.75, 3.05) is 4.90 Å². The number of anilines is 1. The van der Waals surface area contributed by atoms with Crippen LogP contribution in [0, 0.1) is 10.1 Å². The molecule has 32 heavy (non-hydrogen) atoms. The maximum absolute atomic E-state index is 13.8. The van der Waals surface area contributed by atoms with Crippen molar-refractivity contribution in [3.05, 3.63) is 104 Å². The van der Waals surface area contributed by atoms with Crippen LogP contribution in [0.4, 0.5) is 11.4 Å². The Hall–Kier alpha value is -2.89. The molecule has 1 atom stereocenters. The molecule has 1 amide bonds. The van der Waals surface area contributed by atoms with Crippen LogP contribution in [-0.4, -0.2) is 16.4 Å². The van der Waals surface area contributed by atoms with Crippen molar-refractivity contribution in [2.45, 2.75) is 38.1 Å². The number of nitro benzene ring substituents is 1. The molecule has 0 saturated carbocycles. The summed E-state index contributed by atoms with van der Waals surface area (Å²) in [6.07, 6.45) is 0.636. The Morgan fingerprint density at radius 3 is 2.31 bits per heavy atom. The molecule has 1 aliphatic heterocycles. The molecule has 0 saturated heterocycles. The van der Waals surface area contributed by atoms with E-state index in [2.05, 4.69) is 6.92 Å². The summed E-state index contributed by atoms with van der Waals surface area (Å²) in [5, 5.41) is 12.1. The highest BCUT2D eigenvalue weighted by atomic mass is 35.5. The van der Waals surface area contributed by atoms with Gasteiger partial charge < -0.3 is 4.90 Å². The summed E-state index contributed by atoms with van der Waals surface area (Å²) in [6, 6.07) is 19.5. The van der Waals surface area contributed by atoms with E-state index >= 15 is 0 Å². The fraction of sp³-hybridized carbons (Fsp3) is 0.240. The van der Waals surface area contributed by atoms with Crippen molar-refractivity contribution in [1.29, 1.82) is 0 Å². The maximum Gasteiger partial charge on any atom is 0.270 e. The second-order valence-electron chi connectivity index (χ2n) is 8.91. The number of nitro groups is 1. The third-order valence-electron chi connectivity index (χ3n) is 6.21. The van der Waals surface area contributed by atoms with Gasteiger partial charge in [-0.15, -0.1) is 0 Å². The van der Waals surface area contributed by atoms with Crippen molar-refractivity contribution in [3.8, 4) is 0 Å². The van der Waals surface area contributed by atoms with E-state index < -0.39 is 10.5 Å². The second-order valence-corrected chi connectivity index (χ2v) is 9.75. The van der Waals surface area contributed by atoms with E-state index in [1.165, 1.54) is 18.2 Å². The SMILES string of the molecule is CC1(c2ccc(Cl)cc2)CC(C)(C)N(C(=O)c2cc([N+](=O)[O-])ccc2Cl)c2ccccc21. The normalized spacial score (nSPS) is 19.3. The van der Waals surface area contributed by atoms with Crippen molar-refractivity contribution in [2.24, 2.45) is 0 Å². The zero-order valence-corrected chi connectivity index (χ0v) is 19.4. The Bertz CT molecular complexity index is 1220. The number of benzene rings is 3. The van der Waals surface area contributed by atoms with E-state index in [1.807, 2.05) is 62.4 Å². The molecule has 1 unspecified atom stereocenters. The number of carbonyl (C=O) groups is 1. The van der Waals surface area contributed by atoms with E-state index in [0.29, 0.717) is 11.4 Å². The molecule has 0 fully saturated rings. The molecular weight excluding hydrogens is 447 g/mol. The fourth-order valence-electron chi connectivity index (χ4n) is 4.87. The maximum atomic E-state index is 13.8. The minimum Gasteiger partial charge on any atom is -0.302 e. The van der Waals surface area contributed by atoms with Crippen LogP contribution in [0.5, 0.6) is 0 Å². The van der Waals surface area contributed by atoms with E-state index in [0.717, 1.165) is 16.8 Å². The summed E-state index contributed by atoms with van der Waals surface area (Å²) >= 11 is 12.4. The average molecular weight is 469 g/mol. The van der Waals surface area contributed by atoms with Crippen LogP contribution in [-0.2, 0) is 5.41 Å². The van der Waals surface area contributed by atoms with Gasteiger partial charge >= 0.3 is 0 Å². The molecule has 0 N–H and O–H groups in total. The Morgan fingerprint density at radius 1 is 1.00 bits per heavy atom. The van der Waals surface area contributed by atoms with Crippen LogP contribution in [0.3, 0.4) is 0 Å². The largest absolute Gasteiger partial charge is 0.302 e. The van der Waals surface area contributed by atoms with Gasteiger partial charge in [0.1, 0.15) is 0 Å². The first-order valence-corrected chi connectivity index (χ1v) is 10.9. The zero-order chi connectivity index (χ0) is 23.3. The van der Waals surface area contributed by atoms with Crippen molar-refractivity contribution in [3.63, 3.8) is 0 Å². The lowest BCUT2D eigenvalue weighted by Gasteiger charge is -2.51. The van der Waals surface area contributed by atoms with Gasteiger partial charge in [0.25, 0.3) is 11.6 Å². The predicted octanol–water partition coefficient (Wildman–Crippen LogP) is 7.04. The molecule has 4 rings (SSSR count). The van der Waals surface area contributed by atoms with Crippen LogP contribution in [0.25, 0.3) is 0 Å². The monoisotopic (exact) mass is 468 g/mol. The topological polar surface area (TPSA) is 63.5 Å². The van der Waals surface area contributed by atoms with E-state index in [-0.39, 0.29) is 27.6 Å². The van der Waals surface area contributed by atoms with Crippen molar-refractivity contribution < 1.29 is 9.72 Å². The quantitative estimate of drug-likeness (QED) is 0.305. The first-order valence-electron chi connectivity index (χ1n) is 10.2. The molecular formula is C25H22Cl2N2O3. The van der Waals surface area contributed by atoms with Gasteiger partial charge in [0, 0.05) is 33.8 Å². The van der Waals surface area contributed by atoms with Gasteiger partial charge in [-0.05, 0) is 55.7 Å². The van der Waals surface area contributed by atoms with E-state index in [4.69, 9.17) is 23.2 Å². The number of non-ortho nitro benzene ring substituents is 1. The Morgan fingerprint density at radius 2 is 1.66 bits per heavy atom. The van der Waals surface area contributed by atoms with Crippen LogP contribution in [0.2, 0.25) is 10.0 Å². The number of para-hydroxylation sites is 1. The number of nitrogens with zero attached hydrogens (tertiary/aromatic N) is 2. The highest BCUT2D eigenvalue weighted by Gasteiger charge is 2.48. The fourth-order valence-corrected chi connectivity index (χ4v) is 5.20. The molecule has 0 spiro atoms. The summed E-state index contributed by atoms with van der Waals surface area (Å²) in [7, 11) is 0. The predicted molar refractivity (Wildman–Crippen MR) is 128 cm³/mol. The number of carbonyl (C=O) groups excluding carboxylic acids is 1.